The molecule has 1 rings (SSSR count). The summed E-state index contributed by atoms with van der Waals surface area (Å²) < 4.78 is 0. The van der Waals surface area contributed by atoms with Crippen molar-refractivity contribution in [2.24, 2.45) is 5.73 Å². The summed E-state index contributed by atoms with van der Waals surface area (Å²) in [6.45, 7) is 1.60. The number of aromatic carboxylic acids is 1. The van der Waals surface area contributed by atoms with Gasteiger partial charge in [0.2, 0.25) is 0 Å². The number of aryl methyl sites for hydroxylation is 1. The smallest absolute Gasteiger partial charge is 0.342 e. The fourth-order valence-electron chi connectivity index (χ4n) is 1.39. The number of nitro benzene ring substituents is 1. The van der Waals surface area contributed by atoms with Crippen molar-refractivity contribution < 1.29 is 14.8 Å². The highest BCUT2D eigenvalue weighted by Gasteiger charge is 2.23. The molecule has 0 atom stereocenters. The third-order valence-electron chi connectivity index (χ3n) is 1.97. The molecule has 0 fully saturated rings. The van der Waals surface area contributed by atoms with Crippen LogP contribution in [0.25, 0.3) is 0 Å². The largest absolute Gasteiger partial charge is 0.477 e. The van der Waals surface area contributed by atoms with Crippen LogP contribution in [0.2, 0.25) is 0 Å². The Morgan fingerprint density at radius 1 is 1.56 bits per heavy atom. The number of hydrogen-bond donors (Lipinski definition) is 2. The molecule has 88 valence electrons. The molecule has 0 spiro atoms. The second kappa shape index (κ2) is 5.43. The lowest BCUT2D eigenvalue weighted by Crippen LogP contribution is -2.09. The average molecular weight is 247 g/mol. The average Bonchev–Trinajstić information content (AvgIpc) is 2.15. The fourth-order valence-corrected chi connectivity index (χ4v) is 1.39. The first kappa shape index (κ1) is 14.3. The molecule has 0 aliphatic carbocycles. The summed E-state index contributed by atoms with van der Waals surface area (Å²) in [6.07, 6.45) is 0. The molecule has 6 nitrogen and oxygen atoms in total. The molecule has 0 heterocycles. The Morgan fingerprint density at radius 3 is 2.50 bits per heavy atom. The summed E-state index contributed by atoms with van der Waals surface area (Å²) in [4.78, 5) is 20.8. The zero-order valence-corrected chi connectivity index (χ0v) is 9.28. The normalized spacial score (nSPS) is 9.38. The Hall–Kier alpha value is -1.66. The van der Waals surface area contributed by atoms with Crippen LogP contribution in [0.5, 0.6) is 0 Å². The molecule has 0 radical (unpaired) electrons. The molecule has 0 aliphatic rings. The number of rotatable bonds is 3. The number of hydrogen-bond acceptors (Lipinski definition) is 4. The second-order valence-corrected chi connectivity index (χ2v) is 3.09. The summed E-state index contributed by atoms with van der Waals surface area (Å²) >= 11 is 0. The van der Waals surface area contributed by atoms with Crippen molar-refractivity contribution in [1.29, 1.82) is 0 Å². The van der Waals surface area contributed by atoms with E-state index in [4.69, 9.17) is 10.8 Å². The third kappa shape index (κ3) is 2.68. The fraction of sp³-hybridized carbons (Fsp3) is 0.222. The van der Waals surface area contributed by atoms with E-state index in [1.165, 1.54) is 12.1 Å². The van der Waals surface area contributed by atoms with Crippen LogP contribution >= 0.6 is 12.4 Å². The van der Waals surface area contributed by atoms with Crippen molar-refractivity contribution in [1.82, 2.24) is 0 Å². The van der Waals surface area contributed by atoms with E-state index >= 15 is 0 Å². The quantitative estimate of drug-likeness (QED) is 0.621. The molecule has 0 amide bonds. The molecule has 0 aromatic heterocycles. The highest BCUT2D eigenvalue weighted by atomic mass is 35.5. The van der Waals surface area contributed by atoms with Crippen LogP contribution in [0.3, 0.4) is 0 Å². The van der Waals surface area contributed by atoms with Crippen LogP contribution in [-0.2, 0) is 6.54 Å². The van der Waals surface area contributed by atoms with Crippen molar-refractivity contribution in [2.45, 2.75) is 13.5 Å². The van der Waals surface area contributed by atoms with Gasteiger partial charge in [-0.05, 0) is 24.6 Å². The Kier molecular flexibility index (Phi) is 4.87. The molecule has 1 aromatic rings. The van der Waals surface area contributed by atoms with Gasteiger partial charge in [0.05, 0.1) is 4.92 Å². The van der Waals surface area contributed by atoms with Crippen molar-refractivity contribution in [3.63, 3.8) is 0 Å². The number of carboxylic acid groups (broad SMARTS) is 1. The van der Waals surface area contributed by atoms with Crippen LogP contribution in [-0.4, -0.2) is 16.0 Å². The molecule has 7 heteroatoms. The van der Waals surface area contributed by atoms with Gasteiger partial charge in [0.1, 0.15) is 5.56 Å². The lowest BCUT2D eigenvalue weighted by Gasteiger charge is -2.04. The van der Waals surface area contributed by atoms with E-state index < -0.39 is 16.6 Å². The Balaban J connectivity index is 0.00000225. The first-order chi connectivity index (χ1) is 6.97. The van der Waals surface area contributed by atoms with Gasteiger partial charge in [-0.15, -0.1) is 12.4 Å². The summed E-state index contributed by atoms with van der Waals surface area (Å²) in [5.74, 6) is -1.32. The van der Waals surface area contributed by atoms with Gasteiger partial charge in [-0.3, -0.25) is 10.1 Å². The van der Waals surface area contributed by atoms with Gasteiger partial charge in [0, 0.05) is 12.1 Å². The van der Waals surface area contributed by atoms with Crippen molar-refractivity contribution in [3.05, 3.63) is 38.9 Å². The molecule has 0 bridgehead atoms. The van der Waals surface area contributed by atoms with Crippen LogP contribution in [0.4, 0.5) is 5.69 Å². The van der Waals surface area contributed by atoms with Crippen molar-refractivity contribution in [3.8, 4) is 0 Å². The summed E-state index contributed by atoms with van der Waals surface area (Å²) in [7, 11) is 0. The van der Waals surface area contributed by atoms with E-state index in [1.807, 2.05) is 0 Å². The highest BCUT2D eigenvalue weighted by Crippen LogP contribution is 2.25. The number of benzene rings is 1. The van der Waals surface area contributed by atoms with Crippen LogP contribution in [0, 0.1) is 17.0 Å². The topological polar surface area (TPSA) is 106 Å². The van der Waals surface area contributed by atoms with Gasteiger partial charge < -0.3 is 10.8 Å². The van der Waals surface area contributed by atoms with Gasteiger partial charge in [-0.2, -0.15) is 0 Å². The SMILES string of the molecule is Cc1cc(CN)c([N+](=O)[O-])c(C(=O)O)c1.Cl. The number of nitrogens with two attached hydrogens (primary N) is 1. The molecule has 0 aliphatic heterocycles. The van der Waals surface area contributed by atoms with E-state index in [0.29, 0.717) is 5.56 Å². The zero-order valence-electron chi connectivity index (χ0n) is 8.47. The monoisotopic (exact) mass is 246 g/mol. The Labute approximate surface area is 97.6 Å². The van der Waals surface area contributed by atoms with E-state index in [1.54, 1.807) is 6.92 Å². The second-order valence-electron chi connectivity index (χ2n) is 3.09. The number of carbonyl (C=O) groups is 1. The standard InChI is InChI=1S/C9H10N2O4.ClH/c1-5-2-6(4-10)8(11(14)15)7(3-5)9(12)13;/h2-3H,4,10H2,1H3,(H,12,13);1H. The predicted molar refractivity (Wildman–Crippen MR) is 59.9 cm³/mol. The van der Waals surface area contributed by atoms with E-state index in [2.05, 4.69) is 0 Å². The van der Waals surface area contributed by atoms with Gasteiger partial charge in [-0.1, -0.05) is 0 Å². The minimum atomic E-state index is -1.32. The molecule has 0 saturated carbocycles. The first-order valence-corrected chi connectivity index (χ1v) is 4.18. The lowest BCUT2D eigenvalue weighted by molar-refractivity contribution is -0.385. The zero-order chi connectivity index (χ0) is 11.6. The third-order valence-corrected chi connectivity index (χ3v) is 1.97. The predicted octanol–water partition coefficient (Wildman–Crippen LogP) is 1.48. The number of nitro groups is 1. The molecular formula is C9H11ClN2O4. The van der Waals surface area contributed by atoms with E-state index in [-0.39, 0.29) is 30.1 Å². The summed E-state index contributed by atoms with van der Waals surface area (Å²) in [6, 6.07) is 2.78. The molecule has 3 N–H and O–H groups in total. The van der Waals surface area contributed by atoms with Gasteiger partial charge in [0.25, 0.3) is 5.69 Å². The maximum absolute atomic E-state index is 10.8. The first-order valence-electron chi connectivity index (χ1n) is 4.18. The van der Waals surface area contributed by atoms with E-state index in [9.17, 15) is 14.9 Å². The van der Waals surface area contributed by atoms with Gasteiger partial charge >= 0.3 is 5.97 Å². The minimum Gasteiger partial charge on any atom is -0.477 e. The maximum Gasteiger partial charge on any atom is 0.342 e. The minimum absolute atomic E-state index is 0. The Morgan fingerprint density at radius 2 is 2.12 bits per heavy atom. The molecule has 16 heavy (non-hydrogen) atoms. The molecular weight excluding hydrogens is 236 g/mol. The Bertz CT molecular complexity index is 434. The number of nitrogens with zero attached hydrogens (tertiary/aromatic N) is 1. The molecule has 0 unspecified atom stereocenters. The summed E-state index contributed by atoms with van der Waals surface area (Å²) in [5, 5.41) is 19.5. The van der Waals surface area contributed by atoms with Crippen LogP contribution < -0.4 is 5.73 Å². The van der Waals surface area contributed by atoms with Gasteiger partial charge in [-0.25, -0.2) is 4.79 Å². The van der Waals surface area contributed by atoms with Crippen LogP contribution in [0.1, 0.15) is 21.5 Å². The van der Waals surface area contributed by atoms with Gasteiger partial charge in [0.15, 0.2) is 0 Å². The lowest BCUT2D eigenvalue weighted by atomic mass is 10.0. The highest BCUT2D eigenvalue weighted by molar-refractivity contribution is 5.93. The number of halogens is 1. The summed E-state index contributed by atoms with van der Waals surface area (Å²) in [5.41, 5.74) is 5.46. The molecule has 0 saturated heterocycles. The van der Waals surface area contributed by atoms with Crippen molar-refractivity contribution >= 4 is 24.1 Å². The van der Waals surface area contributed by atoms with Crippen LogP contribution in [0.15, 0.2) is 12.1 Å². The van der Waals surface area contributed by atoms with E-state index in [0.717, 1.165) is 0 Å². The number of carboxylic acids is 1. The van der Waals surface area contributed by atoms with Crippen molar-refractivity contribution in [2.75, 3.05) is 0 Å². The maximum atomic E-state index is 10.8. The molecule has 1 aromatic carbocycles.